The number of phenols is 1. The lowest BCUT2D eigenvalue weighted by Gasteiger charge is -2.36. The minimum absolute atomic E-state index is 0.0286. The number of halogens is 4. The number of aromatic nitrogens is 3. The van der Waals surface area contributed by atoms with Crippen LogP contribution >= 0.6 is 0 Å². The van der Waals surface area contributed by atoms with Crippen LogP contribution in [-0.4, -0.2) is 56.6 Å². The third-order valence-corrected chi connectivity index (χ3v) is 5.65. The Morgan fingerprint density at radius 1 is 1.12 bits per heavy atom. The van der Waals surface area contributed by atoms with Gasteiger partial charge in [-0.15, -0.1) is 0 Å². The number of alkyl halides is 3. The highest BCUT2D eigenvalue weighted by Gasteiger charge is 2.38. The molecule has 1 amide bonds. The molecule has 34 heavy (non-hydrogen) atoms. The zero-order valence-corrected chi connectivity index (χ0v) is 18.3. The number of anilines is 1. The molecule has 1 saturated heterocycles. The Bertz CT molecular complexity index is 1290. The summed E-state index contributed by atoms with van der Waals surface area (Å²) in [6, 6.07) is 3.62. The smallest absolute Gasteiger partial charge is 0.431 e. The third-order valence-electron chi connectivity index (χ3n) is 5.65. The Labute approximate surface area is 191 Å². The largest absolute Gasteiger partial charge is 0.506 e. The van der Waals surface area contributed by atoms with Crippen LogP contribution in [0.2, 0.25) is 0 Å². The van der Waals surface area contributed by atoms with E-state index >= 15 is 0 Å². The first-order valence-electron chi connectivity index (χ1n) is 10.5. The molecule has 3 aromatic rings. The number of aromatic hydroxyl groups is 1. The van der Waals surface area contributed by atoms with Crippen molar-refractivity contribution in [3.63, 3.8) is 0 Å². The summed E-state index contributed by atoms with van der Waals surface area (Å²) in [5.74, 6) is -2.14. The van der Waals surface area contributed by atoms with Crippen LogP contribution in [0.3, 0.4) is 0 Å². The molecule has 0 radical (unpaired) electrons. The Morgan fingerprint density at radius 3 is 2.38 bits per heavy atom. The van der Waals surface area contributed by atoms with E-state index in [1.54, 1.807) is 23.6 Å². The Morgan fingerprint density at radius 2 is 1.79 bits per heavy atom. The molecule has 0 saturated carbocycles. The first-order valence-corrected chi connectivity index (χ1v) is 10.5. The fourth-order valence-corrected chi connectivity index (χ4v) is 4.02. The molecule has 3 heterocycles. The molecular weight excluding hydrogens is 458 g/mol. The van der Waals surface area contributed by atoms with E-state index < -0.39 is 34.7 Å². The summed E-state index contributed by atoms with van der Waals surface area (Å²) >= 11 is 0. The average molecular weight is 479 g/mol. The molecule has 180 valence electrons. The number of para-hydroxylation sites is 1. The van der Waals surface area contributed by atoms with Crippen LogP contribution < -0.4 is 10.5 Å². The summed E-state index contributed by atoms with van der Waals surface area (Å²) in [5, 5.41) is 9.90. The molecule has 8 nitrogen and oxygen atoms in total. The molecule has 0 bridgehead atoms. The van der Waals surface area contributed by atoms with Crippen molar-refractivity contribution < 1.29 is 27.5 Å². The summed E-state index contributed by atoms with van der Waals surface area (Å²) in [7, 11) is 0. The Kier molecular flexibility index (Phi) is 5.92. The van der Waals surface area contributed by atoms with Gasteiger partial charge < -0.3 is 14.9 Å². The summed E-state index contributed by atoms with van der Waals surface area (Å²) in [6.07, 6.45) is -4.01. The van der Waals surface area contributed by atoms with Crippen LogP contribution in [0, 0.1) is 11.7 Å². The van der Waals surface area contributed by atoms with E-state index in [-0.39, 0.29) is 33.1 Å². The van der Waals surface area contributed by atoms with Crippen LogP contribution in [0.15, 0.2) is 35.4 Å². The lowest BCUT2D eigenvalue weighted by atomic mass is 10.1. The highest BCUT2D eigenvalue weighted by atomic mass is 19.4. The molecule has 0 unspecified atom stereocenters. The number of amides is 1. The van der Waals surface area contributed by atoms with Gasteiger partial charge in [0.15, 0.2) is 5.82 Å². The maximum atomic E-state index is 14.5. The molecule has 1 aliphatic rings. The van der Waals surface area contributed by atoms with Gasteiger partial charge in [-0.05, 0) is 18.2 Å². The molecule has 0 spiro atoms. The predicted molar refractivity (Wildman–Crippen MR) is 115 cm³/mol. The topological polar surface area (TPSA) is 91.6 Å². The minimum atomic E-state index is -5.06. The van der Waals surface area contributed by atoms with Crippen molar-refractivity contribution >= 4 is 22.6 Å². The highest BCUT2D eigenvalue weighted by Crippen LogP contribution is 2.36. The van der Waals surface area contributed by atoms with E-state index in [9.17, 15) is 32.3 Å². The number of benzene rings is 1. The maximum Gasteiger partial charge on any atom is 0.431 e. The van der Waals surface area contributed by atoms with Crippen LogP contribution in [0.25, 0.3) is 16.6 Å². The van der Waals surface area contributed by atoms with E-state index in [1.807, 2.05) is 0 Å². The van der Waals surface area contributed by atoms with E-state index in [1.165, 1.54) is 0 Å². The van der Waals surface area contributed by atoms with Gasteiger partial charge in [0.1, 0.15) is 34.8 Å². The molecule has 1 N–H and O–H groups in total. The van der Waals surface area contributed by atoms with E-state index in [0.717, 1.165) is 24.5 Å². The van der Waals surface area contributed by atoms with Crippen LogP contribution in [0.4, 0.5) is 23.4 Å². The van der Waals surface area contributed by atoms with E-state index in [4.69, 9.17) is 0 Å². The predicted octanol–water partition coefficient (Wildman–Crippen LogP) is 2.95. The Balaban J connectivity index is 1.87. The number of nitrogens with zero attached hydrogens (tertiary/aromatic N) is 5. The molecular formula is C22H21F4N5O3. The van der Waals surface area contributed by atoms with Gasteiger partial charge in [0, 0.05) is 32.1 Å². The number of piperazine rings is 1. The van der Waals surface area contributed by atoms with Crippen LogP contribution in [-0.2, 0) is 11.0 Å². The van der Waals surface area contributed by atoms with Gasteiger partial charge >= 0.3 is 6.18 Å². The van der Waals surface area contributed by atoms with Crippen molar-refractivity contribution in [3.05, 3.63) is 52.5 Å². The Hall–Kier alpha value is -3.70. The first-order chi connectivity index (χ1) is 16.0. The number of carbonyl (C=O) groups is 1. The summed E-state index contributed by atoms with van der Waals surface area (Å²) < 4.78 is 56.6. The van der Waals surface area contributed by atoms with Crippen molar-refractivity contribution in [2.45, 2.75) is 20.0 Å². The van der Waals surface area contributed by atoms with Gasteiger partial charge in [0.2, 0.25) is 5.91 Å². The highest BCUT2D eigenvalue weighted by molar-refractivity contribution is 5.89. The van der Waals surface area contributed by atoms with Crippen LogP contribution in [0.5, 0.6) is 5.75 Å². The molecule has 1 fully saturated rings. The third kappa shape index (κ3) is 4.03. The number of hydrogen-bond donors (Lipinski definition) is 1. The molecule has 1 aromatic carbocycles. The SMILES string of the molecule is CC(C)C(=O)N1CCN(c2ncnc3c(=O)n(-c4c(O)cccc4F)c(C(F)(F)F)cc23)CC1. The lowest BCUT2D eigenvalue weighted by molar-refractivity contribution is -0.142. The molecule has 0 atom stereocenters. The van der Waals surface area contributed by atoms with Gasteiger partial charge in [-0.1, -0.05) is 19.9 Å². The van der Waals surface area contributed by atoms with Crippen molar-refractivity contribution in [3.8, 4) is 11.4 Å². The normalized spacial score (nSPS) is 14.8. The number of hydrogen-bond acceptors (Lipinski definition) is 6. The minimum Gasteiger partial charge on any atom is -0.506 e. The lowest BCUT2D eigenvalue weighted by Crippen LogP contribution is -2.50. The van der Waals surface area contributed by atoms with Crippen molar-refractivity contribution in [1.29, 1.82) is 0 Å². The monoisotopic (exact) mass is 479 g/mol. The molecule has 12 heteroatoms. The molecule has 4 rings (SSSR count). The zero-order chi connectivity index (χ0) is 24.8. The van der Waals surface area contributed by atoms with E-state index in [0.29, 0.717) is 32.2 Å². The van der Waals surface area contributed by atoms with Gasteiger partial charge in [-0.2, -0.15) is 13.2 Å². The fraction of sp³-hybridized carbons (Fsp3) is 0.364. The number of pyridine rings is 1. The molecule has 2 aromatic heterocycles. The second-order valence-corrected chi connectivity index (χ2v) is 8.20. The van der Waals surface area contributed by atoms with Gasteiger partial charge in [-0.3, -0.25) is 14.2 Å². The number of phenolic OH excluding ortho intramolecular Hbond substituents is 1. The second kappa shape index (κ2) is 8.58. The summed E-state index contributed by atoms with van der Waals surface area (Å²) in [4.78, 5) is 36.7. The first kappa shape index (κ1) is 23.5. The van der Waals surface area contributed by atoms with Crippen molar-refractivity contribution in [2.24, 2.45) is 5.92 Å². The molecule has 1 aliphatic heterocycles. The van der Waals surface area contributed by atoms with Crippen molar-refractivity contribution in [1.82, 2.24) is 19.4 Å². The zero-order valence-electron chi connectivity index (χ0n) is 18.3. The average Bonchev–Trinajstić information content (AvgIpc) is 2.78. The summed E-state index contributed by atoms with van der Waals surface area (Å²) in [6.45, 7) is 4.84. The fourth-order valence-electron chi connectivity index (χ4n) is 4.02. The maximum absolute atomic E-state index is 14.5. The van der Waals surface area contributed by atoms with Gasteiger partial charge in [-0.25, -0.2) is 14.4 Å². The van der Waals surface area contributed by atoms with Gasteiger partial charge in [0.05, 0.1) is 5.39 Å². The second-order valence-electron chi connectivity index (χ2n) is 8.20. The standard InChI is InChI=1S/C22H21F4N5O3/c1-12(2)20(33)30-8-6-29(7-9-30)19-13-10-16(22(24,25)26)31(21(34)17(13)27-11-28-19)18-14(23)4-3-5-15(18)32/h3-5,10-12,32H,6-9H2,1-2H3. The molecule has 0 aliphatic carbocycles. The quantitative estimate of drug-likeness (QED) is 0.581. The van der Waals surface area contributed by atoms with Gasteiger partial charge in [0.25, 0.3) is 5.56 Å². The number of carbonyl (C=O) groups excluding carboxylic acids is 1. The number of fused-ring (bicyclic) bond motifs is 1. The summed E-state index contributed by atoms with van der Waals surface area (Å²) in [5.41, 5.74) is -4.00. The van der Waals surface area contributed by atoms with Crippen LogP contribution in [0.1, 0.15) is 19.5 Å². The van der Waals surface area contributed by atoms with E-state index in [2.05, 4.69) is 9.97 Å². The van der Waals surface area contributed by atoms with Crippen molar-refractivity contribution in [2.75, 3.05) is 31.1 Å². The number of rotatable bonds is 3.